The van der Waals surface area contributed by atoms with Crippen LogP contribution in [-0.4, -0.2) is 28.3 Å². The topological polar surface area (TPSA) is 55.3 Å². The van der Waals surface area contributed by atoms with Gasteiger partial charge in [0, 0.05) is 12.1 Å². The third-order valence-electron chi connectivity index (χ3n) is 2.22. The van der Waals surface area contributed by atoms with Crippen LogP contribution in [0.25, 0.3) is 0 Å². The standard InChI is InChI=1S/C11H15N3O2S/c1-14(5-9-3-4-15-7-9)6-11-12-10(8-17-2)13-16-11/h3-4,7H,5-6,8H2,1-2H3. The van der Waals surface area contributed by atoms with E-state index in [0.717, 1.165) is 23.7 Å². The van der Waals surface area contributed by atoms with Crippen molar-refractivity contribution in [2.24, 2.45) is 0 Å². The summed E-state index contributed by atoms with van der Waals surface area (Å²) >= 11 is 1.68. The van der Waals surface area contributed by atoms with Crippen LogP contribution in [0.3, 0.4) is 0 Å². The summed E-state index contributed by atoms with van der Waals surface area (Å²) in [7, 11) is 2.01. The summed E-state index contributed by atoms with van der Waals surface area (Å²) in [6.07, 6.45) is 5.43. The van der Waals surface area contributed by atoms with E-state index in [2.05, 4.69) is 15.0 Å². The van der Waals surface area contributed by atoms with Crippen molar-refractivity contribution < 1.29 is 8.94 Å². The normalized spacial score (nSPS) is 11.2. The first-order valence-corrected chi connectivity index (χ1v) is 6.67. The van der Waals surface area contributed by atoms with Gasteiger partial charge in [0.2, 0.25) is 5.89 Å². The molecule has 0 bridgehead atoms. The highest BCUT2D eigenvalue weighted by molar-refractivity contribution is 7.97. The van der Waals surface area contributed by atoms with E-state index in [4.69, 9.17) is 8.94 Å². The first kappa shape index (κ1) is 12.2. The fourth-order valence-electron chi connectivity index (χ4n) is 1.52. The summed E-state index contributed by atoms with van der Waals surface area (Å²) in [4.78, 5) is 6.40. The number of thioether (sulfide) groups is 1. The Balaban J connectivity index is 1.86. The highest BCUT2D eigenvalue weighted by atomic mass is 32.2. The van der Waals surface area contributed by atoms with Gasteiger partial charge in [0.15, 0.2) is 5.82 Å². The molecule has 17 heavy (non-hydrogen) atoms. The predicted octanol–water partition coefficient (Wildman–Crippen LogP) is 2.16. The number of rotatable bonds is 6. The van der Waals surface area contributed by atoms with E-state index in [1.54, 1.807) is 24.3 Å². The number of hydrogen-bond acceptors (Lipinski definition) is 6. The van der Waals surface area contributed by atoms with Crippen molar-refractivity contribution in [2.75, 3.05) is 13.3 Å². The zero-order chi connectivity index (χ0) is 12.1. The molecule has 0 fully saturated rings. The van der Waals surface area contributed by atoms with E-state index < -0.39 is 0 Å². The number of aromatic nitrogens is 2. The fourth-order valence-corrected chi connectivity index (χ4v) is 1.90. The molecule has 2 rings (SSSR count). The number of hydrogen-bond donors (Lipinski definition) is 0. The van der Waals surface area contributed by atoms with Gasteiger partial charge in [0.1, 0.15) is 0 Å². The molecule has 2 aromatic rings. The first-order chi connectivity index (χ1) is 8.28. The SMILES string of the molecule is CSCc1noc(CN(C)Cc2ccoc2)n1. The monoisotopic (exact) mass is 253 g/mol. The fraction of sp³-hybridized carbons (Fsp3) is 0.455. The lowest BCUT2D eigenvalue weighted by atomic mass is 10.3. The van der Waals surface area contributed by atoms with Gasteiger partial charge in [0.25, 0.3) is 0 Å². The molecule has 2 heterocycles. The van der Waals surface area contributed by atoms with Gasteiger partial charge < -0.3 is 8.94 Å². The minimum atomic E-state index is 0.645. The van der Waals surface area contributed by atoms with Gasteiger partial charge >= 0.3 is 0 Å². The zero-order valence-electron chi connectivity index (χ0n) is 9.92. The summed E-state index contributed by atoms with van der Waals surface area (Å²) in [6, 6.07) is 1.95. The molecule has 0 saturated carbocycles. The van der Waals surface area contributed by atoms with Gasteiger partial charge in [-0.1, -0.05) is 5.16 Å². The maximum absolute atomic E-state index is 5.17. The van der Waals surface area contributed by atoms with Crippen LogP contribution < -0.4 is 0 Å². The lowest BCUT2D eigenvalue weighted by molar-refractivity contribution is 0.260. The van der Waals surface area contributed by atoms with Gasteiger partial charge in [-0.25, -0.2) is 0 Å². The van der Waals surface area contributed by atoms with Gasteiger partial charge in [-0.2, -0.15) is 16.7 Å². The second-order valence-corrected chi connectivity index (χ2v) is 4.71. The first-order valence-electron chi connectivity index (χ1n) is 5.28. The largest absolute Gasteiger partial charge is 0.472 e. The van der Waals surface area contributed by atoms with Crippen LogP contribution in [0.5, 0.6) is 0 Å². The Bertz CT molecular complexity index is 441. The van der Waals surface area contributed by atoms with Crippen LogP contribution in [0.15, 0.2) is 27.5 Å². The van der Waals surface area contributed by atoms with Crippen LogP contribution in [0.4, 0.5) is 0 Å². The smallest absolute Gasteiger partial charge is 0.240 e. The van der Waals surface area contributed by atoms with E-state index >= 15 is 0 Å². The summed E-state index contributed by atoms with van der Waals surface area (Å²) < 4.78 is 10.2. The minimum absolute atomic E-state index is 0.645. The maximum Gasteiger partial charge on any atom is 0.240 e. The molecule has 0 spiro atoms. The van der Waals surface area contributed by atoms with E-state index in [1.165, 1.54) is 0 Å². The maximum atomic E-state index is 5.17. The molecule has 2 aromatic heterocycles. The predicted molar refractivity (Wildman–Crippen MR) is 65.4 cm³/mol. The van der Waals surface area contributed by atoms with E-state index in [1.807, 2.05) is 19.4 Å². The van der Waals surface area contributed by atoms with E-state index in [-0.39, 0.29) is 0 Å². The van der Waals surface area contributed by atoms with Crippen LogP contribution in [-0.2, 0) is 18.8 Å². The van der Waals surface area contributed by atoms with Crippen molar-refractivity contribution in [3.05, 3.63) is 35.9 Å². The van der Waals surface area contributed by atoms with Crippen molar-refractivity contribution in [3.63, 3.8) is 0 Å². The summed E-state index contributed by atoms with van der Waals surface area (Å²) in [6.45, 7) is 1.45. The summed E-state index contributed by atoms with van der Waals surface area (Å²) in [5.41, 5.74) is 1.14. The molecular weight excluding hydrogens is 238 g/mol. The molecular formula is C11H15N3O2S. The Hall–Kier alpha value is -1.27. The Morgan fingerprint density at radius 1 is 1.41 bits per heavy atom. The lowest BCUT2D eigenvalue weighted by Gasteiger charge is -2.11. The van der Waals surface area contributed by atoms with Crippen LogP contribution >= 0.6 is 11.8 Å². The summed E-state index contributed by atoms with van der Waals surface area (Å²) in [5, 5.41) is 3.90. The number of furan rings is 1. The molecule has 92 valence electrons. The molecule has 0 aliphatic heterocycles. The van der Waals surface area contributed by atoms with E-state index in [9.17, 15) is 0 Å². The Labute approximate surface area is 104 Å². The molecule has 0 unspecified atom stereocenters. The highest BCUT2D eigenvalue weighted by Crippen LogP contribution is 2.09. The van der Waals surface area contributed by atoms with Gasteiger partial charge in [-0.05, 0) is 19.4 Å². The third kappa shape index (κ3) is 3.61. The average molecular weight is 253 g/mol. The second kappa shape index (κ2) is 5.88. The molecule has 0 amide bonds. The molecule has 6 heteroatoms. The number of nitrogens with zero attached hydrogens (tertiary/aromatic N) is 3. The zero-order valence-corrected chi connectivity index (χ0v) is 10.7. The Kier molecular flexibility index (Phi) is 4.22. The highest BCUT2D eigenvalue weighted by Gasteiger charge is 2.09. The Morgan fingerprint density at radius 3 is 3.00 bits per heavy atom. The van der Waals surface area contributed by atoms with Crippen molar-refractivity contribution in [2.45, 2.75) is 18.8 Å². The van der Waals surface area contributed by atoms with Crippen molar-refractivity contribution >= 4 is 11.8 Å². The molecule has 5 nitrogen and oxygen atoms in total. The molecule has 0 atom stereocenters. The van der Waals surface area contributed by atoms with E-state index in [0.29, 0.717) is 12.4 Å². The minimum Gasteiger partial charge on any atom is -0.472 e. The second-order valence-electron chi connectivity index (χ2n) is 3.84. The van der Waals surface area contributed by atoms with Crippen molar-refractivity contribution in [1.29, 1.82) is 0 Å². The van der Waals surface area contributed by atoms with Gasteiger partial charge in [-0.15, -0.1) is 0 Å². The van der Waals surface area contributed by atoms with Crippen molar-refractivity contribution in [3.8, 4) is 0 Å². The average Bonchev–Trinajstić information content (AvgIpc) is 2.91. The van der Waals surface area contributed by atoms with Crippen LogP contribution in [0, 0.1) is 0 Å². The van der Waals surface area contributed by atoms with Gasteiger partial charge in [0.05, 0.1) is 24.8 Å². The molecule has 0 aliphatic carbocycles. The van der Waals surface area contributed by atoms with Gasteiger partial charge in [-0.3, -0.25) is 4.90 Å². The molecule has 0 aliphatic rings. The Morgan fingerprint density at radius 2 is 2.29 bits per heavy atom. The van der Waals surface area contributed by atoms with Crippen LogP contribution in [0.1, 0.15) is 17.3 Å². The summed E-state index contributed by atoms with van der Waals surface area (Å²) in [5.74, 6) is 2.19. The molecule has 0 radical (unpaired) electrons. The molecule has 0 N–H and O–H groups in total. The molecule has 0 aromatic carbocycles. The third-order valence-corrected chi connectivity index (χ3v) is 2.77. The lowest BCUT2D eigenvalue weighted by Crippen LogP contribution is -2.17. The quantitative estimate of drug-likeness (QED) is 0.786. The molecule has 0 saturated heterocycles. The van der Waals surface area contributed by atoms with Crippen LogP contribution in [0.2, 0.25) is 0 Å². The van der Waals surface area contributed by atoms with Crippen molar-refractivity contribution in [1.82, 2.24) is 15.0 Å².